The predicted octanol–water partition coefficient (Wildman–Crippen LogP) is 3.38. The van der Waals surface area contributed by atoms with Crippen LogP contribution in [0.15, 0.2) is 42.5 Å². The summed E-state index contributed by atoms with van der Waals surface area (Å²) in [7, 11) is 3.19. The molecule has 2 aromatic carbocycles. The molecule has 0 unspecified atom stereocenters. The maximum absolute atomic E-state index is 12.9. The van der Waals surface area contributed by atoms with Gasteiger partial charge in [-0.15, -0.1) is 0 Å². The Morgan fingerprint density at radius 1 is 1.17 bits per heavy atom. The van der Waals surface area contributed by atoms with Gasteiger partial charge in [0.2, 0.25) is 5.91 Å². The van der Waals surface area contributed by atoms with Crippen molar-refractivity contribution >= 4 is 11.7 Å². The molecular weight excluding hydrogens is 382 g/mol. The highest BCUT2D eigenvalue weighted by molar-refractivity contribution is 6.00. The fraction of sp³-hybridized carbons (Fsp3) is 0.417. The number of nitrogens with one attached hydrogen (secondary N) is 1. The molecule has 2 fully saturated rings. The largest absolute Gasteiger partial charge is 0.493 e. The zero-order valence-electron chi connectivity index (χ0n) is 17.1. The van der Waals surface area contributed by atoms with Crippen LogP contribution in [0.4, 0.5) is 0 Å². The van der Waals surface area contributed by atoms with E-state index in [2.05, 4.69) is 5.32 Å². The van der Waals surface area contributed by atoms with Crippen molar-refractivity contribution in [1.82, 2.24) is 5.32 Å². The van der Waals surface area contributed by atoms with Gasteiger partial charge in [-0.1, -0.05) is 18.2 Å². The molecule has 0 bridgehead atoms. The highest BCUT2D eigenvalue weighted by atomic mass is 16.5. The average molecular weight is 407 g/mol. The zero-order valence-corrected chi connectivity index (χ0v) is 17.1. The first-order valence-corrected chi connectivity index (χ1v) is 10.4. The minimum absolute atomic E-state index is 0.0359. The molecule has 1 spiro atoms. The minimum Gasteiger partial charge on any atom is -0.493 e. The van der Waals surface area contributed by atoms with Crippen LogP contribution in [-0.2, 0) is 11.3 Å². The lowest BCUT2D eigenvalue weighted by Crippen LogP contribution is -2.44. The van der Waals surface area contributed by atoms with Crippen LogP contribution in [0, 0.1) is 17.8 Å². The molecule has 3 aliphatic rings. The molecule has 1 N–H and O–H groups in total. The lowest BCUT2D eigenvalue weighted by Gasteiger charge is -2.37. The molecule has 0 radical (unpaired) electrons. The molecule has 1 heterocycles. The van der Waals surface area contributed by atoms with Crippen molar-refractivity contribution in [3.05, 3.63) is 53.6 Å². The van der Waals surface area contributed by atoms with Gasteiger partial charge in [-0.2, -0.15) is 0 Å². The van der Waals surface area contributed by atoms with Gasteiger partial charge in [-0.25, -0.2) is 0 Å². The fourth-order valence-corrected chi connectivity index (χ4v) is 5.42. The Labute approximate surface area is 175 Å². The molecule has 5 rings (SSSR count). The number of ether oxygens (including phenoxy) is 3. The van der Waals surface area contributed by atoms with E-state index < -0.39 is 5.60 Å². The first-order chi connectivity index (χ1) is 14.6. The third-order valence-electron chi connectivity index (χ3n) is 6.85. The quantitative estimate of drug-likeness (QED) is 0.823. The van der Waals surface area contributed by atoms with Gasteiger partial charge in [-0.3, -0.25) is 9.59 Å². The summed E-state index contributed by atoms with van der Waals surface area (Å²) >= 11 is 0. The van der Waals surface area contributed by atoms with Gasteiger partial charge in [-0.05, 0) is 48.6 Å². The van der Waals surface area contributed by atoms with Crippen LogP contribution >= 0.6 is 0 Å². The summed E-state index contributed by atoms with van der Waals surface area (Å²) in [6, 6.07) is 13.0. The van der Waals surface area contributed by atoms with Gasteiger partial charge in [0.1, 0.15) is 11.4 Å². The van der Waals surface area contributed by atoms with Gasteiger partial charge >= 0.3 is 0 Å². The number of para-hydroxylation sites is 1. The molecule has 1 aliphatic heterocycles. The summed E-state index contributed by atoms with van der Waals surface area (Å²) in [6.45, 7) is 0.421. The van der Waals surface area contributed by atoms with E-state index in [4.69, 9.17) is 14.2 Å². The van der Waals surface area contributed by atoms with Crippen molar-refractivity contribution in [3.8, 4) is 17.2 Å². The number of hydrogen-bond acceptors (Lipinski definition) is 5. The Balaban J connectivity index is 1.27. The standard InChI is InChI=1S/C24H25NO5/c1-28-19-8-7-14(11-20(19)29-2)13-25-23(27)21-16-9-10-24(22(16)21)12-17(26)15-5-3-4-6-18(15)30-24/h3-8,11,16,21-22H,9-10,12-13H2,1-2H3,(H,25,27)/t16-,21+,22+,24-/m0/s1. The molecule has 2 aromatic rings. The van der Waals surface area contributed by atoms with E-state index >= 15 is 0 Å². The van der Waals surface area contributed by atoms with Crippen molar-refractivity contribution in [2.24, 2.45) is 17.8 Å². The molecule has 2 aliphatic carbocycles. The summed E-state index contributed by atoms with van der Waals surface area (Å²) in [6.07, 6.45) is 2.13. The molecule has 2 saturated carbocycles. The van der Waals surface area contributed by atoms with E-state index in [9.17, 15) is 9.59 Å². The average Bonchev–Trinajstić information content (AvgIpc) is 3.42. The van der Waals surface area contributed by atoms with Crippen LogP contribution in [0.1, 0.15) is 35.2 Å². The molecule has 6 heteroatoms. The number of rotatable bonds is 5. The van der Waals surface area contributed by atoms with Crippen molar-refractivity contribution < 1.29 is 23.8 Å². The monoisotopic (exact) mass is 407 g/mol. The molecule has 30 heavy (non-hydrogen) atoms. The maximum Gasteiger partial charge on any atom is 0.224 e. The van der Waals surface area contributed by atoms with E-state index in [0.717, 1.165) is 18.4 Å². The highest BCUT2D eigenvalue weighted by Crippen LogP contribution is 2.65. The number of Topliss-reactive ketones (excluding diaryl/α,β-unsaturated/α-hetero) is 1. The second-order valence-corrected chi connectivity index (χ2v) is 8.42. The first kappa shape index (κ1) is 19.0. The summed E-state index contributed by atoms with van der Waals surface area (Å²) in [5, 5.41) is 3.05. The number of carbonyl (C=O) groups is 2. The summed E-state index contributed by atoms with van der Waals surface area (Å²) < 4.78 is 17.0. The van der Waals surface area contributed by atoms with Crippen LogP contribution in [0.5, 0.6) is 17.2 Å². The molecule has 156 valence electrons. The summed E-state index contributed by atoms with van der Waals surface area (Å²) in [5.41, 5.74) is 1.07. The van der Waals surface area contributed by atoms with Crippen molar-refractivity contribution in [2.45, 2.75) is 31.4 Å². The maximum atomic E-state index is 12.9. The third kappa shape index (κ3) is 2.93. The molecule has 4 atom stereocenters. The highest BCUT2D eigenvalue weighted by Gasteiger charge is 2.70. The number of ketones is 1. The Hall–Kier alpha value is -3.02. The first-order valence-electron chi connectivity index (χ1n) is 10.4. The lowest BCUT2D eigenvalue weighted by molar-refractivity contribution is -0.124. The van der Waals surface area contributed by atoms with E-state index in [0.29, 0.717) is 41.7 Å². The van der Waals surface area contributed by atoms with E-state index in [1.165, 1.54) is 0 Å². The summed E-state index contributed by atoms with van der Waals surface area (Å²) in [4.78, 5) is 25.6. The number of methoxy groups -OCH3 is 2. The second-order valence-electron chi connectivity index (χ2n) is 8.42. The number of hydrogen-bond donors (Lipinski definition) is 1. The molecule has 0 aromatic heterocycles. The van der Waals surface area contributed by atoms with Crippen molar-refractivity contribution in [2.75, 3.05) is 14.2 Å². The van der Waals surface area contributed by atoms with Crippen LogP contribution in [0.3, 0.4) is 0 Å². The van der Waals surface area contributed by atoms with Crippen molar-refractivity contribution in [1.29, 1.82) is 0 Å². The van der Waals surface area contributed by atoms with Gasteiger partial charge < -0.3 is 19.5 Å². The number of carbonyl (C=O) groups excluding carboxylic acids is 2. The lowest BCUT2D eigenvalue weighted by atomic mass is 9.84. The van der Waals surface area contributed by atoms with Gasteiger partial charge in [0, 0.05) is 18.4 Å². The van der Waals surface area contributed by atoms with Crippen LogP contribution in [-0.4, -0.2) is 31.5 Å². The van der Waals surface area contributed by atoms with Crippen molar-refractivity contribution in [3.63, 3.8) is 0 Å². The Morgan fingerprint density at radius 3 is 2.77 bits per heavy atom. The topological polar surface area (TPSA) is 73.9 Å². The Bertz CT molecular complexity index is 1020. The fourth-order valence-electron chi connectivity index (χ4n) is 5.42. The van der Waals surface area contributed by atoms with E-state index in [1.54, 1.807) is 14.2 Å². The van der Waals surface area contributed by atoms with Gasteiger partial charge in [0.15, 0.2) is 17.3 Å². The smallest absolute Gasteiger partial charge is 0.224 e. The molecular formula is C24H25NO5. The predicted molar refractivity (Wildman–Crippen MR) is 110 cm³/mol. The molecule has 1 amide bonds. The normalized spacial score (nSPS) is 28.3. The minimum atomic E-state index is -0.526. The van der Waals surface area contributed by atoms with Gasteiger partial charge in [0.25, 0.3) is 0 Å². The Kier molecular flexibility index (Phi) is 4.45. The molecule has 0 saturated heterocycles. The van der Waals surface area contributed by atoms with Crippen LogP contribution in [0.25, 0.3) is 0 Å². The SMILES string of the molecule is COc1ccc(CNC(=O)[C@@H]2[C@@H]3CC[C@]4(CC(=O)c5ccccc5O4)[C@H]32)cc1OC. The third-order valence-corrected chi connectivity index (χ3v) is 6.85. The van der Waals surface area contributed by atoms with E-state index in [-0.39, 0.29) is 23.5 Å². The summed E-state index contributed by atoms with van der Waals surface area (Å²) in [5.74, 6) is 2.43. The Morgan fingerprint density at radius 2 is 1.97 bits per heavy atom. The van der Waals surface area contributed by atoms with Crippen LogP contribution < -0.4 is 19.5 Å². The second kappa shape index (κ2) is 7.04. The number of benzene rings is 2. The van der Waals surface area contributed by atoms with E-state index in [1.807, 2.05) is 42.5 Å². The van der Waals surface area contributed by atoms with Crippen LogP contribution in [0.2, 0.25) is 0 Å². The van der Waals surface area contributed by atoms with Gasteiger partial charge in [0.05, 0.1) is 26.2 Å². The number of amides is 1. The number of fused-ring (bicyclic) bond motifs is 3. The molecule has 6 nitrogen and oxygen atoms in total. The zero-order chi connectivity index (χ0) is 20.9.